The summed E-state index contributed by atoms with van der Waals surface area (Å²) in [7, 11) is 0. The van der Waals surface area contributed by atoms with Gasteiger partial charge in [0.1, 0.15) is 6.04 Å². The molecule has 1 heterocycles. The molecule has 8 nitrogen and oxygen atoms in total. The molecular formula is C26H30N3NaO5. The van der Waals surface area contributed by atoms with E-state index in [0.29, 0.717) is 45.6 Å². The zero-order valence-electron chi connectivity index (χ0n) is 20.0. The van der Waals surface area contributed by atoms with Gasteiger partial charge in [0.15, 0.2) is 0 Å². The molecule has 0 bridgehead atoms. The van der Waals surface area contributed by atoms with Gasteiger partial charge in [0.05, 0.1) is 19.2 Å². The van der Waals surface area contributed by atoms with Crippen molar-refractivity contribution in [3.8, 4) is 0 Å². The number of rotatable bonds is 10. The molecule has 0 aliphatic carbocycles. The molecule has 180 valence electrons. The van der Waals surface area contributed by atoms with Crippen LogP contribution in [0.2, 0.25) is 0 Å². The molecule has 2 unspecified atom stereocenters. The Hall–Kier alpha value is -2.65. The summed E-state index contributed by atoms with van der Waals surface area (Å²) in [4.78, 5) is 38.7. The van der Waals surface area contributed by atoms with E-state index in [0.717, 1.165) is 17.2 Å². The minimum absolute atomic E-state index is 0. The number of carbonyl (C=O) groups excluding carboxylic acids is 3. The van der Waals surface area contributed by atoms with Crippen LogP contribution < -0.4 is 45.3 Å². The molecule has 9 heteroatoms. The van der Waals surface area contributed by atoms with Crippen molar-refractivity contribution >= 4 is 17.9 Å². The predicted octanol–water partition coefficient (Wildman–Crippen LogP) is -1.93. The minimum Gasteiger partial charge on any atom is -0.545 e. The number of benzene rings is 2. The predicted molar refractivity (Wildman–Crippen MR) is 126 cm³/mol. The van der Waals surface area contributed by atoms with Crippen molar-refractivity contribution in [2.45, 2.75) is 31.3 Å². The van der Waals surface area contributed by atoms with Crippen molar-refractivity contribution in [3.63, 3.8) is 0 Å². The van der Waals surface area contributed by atoms with Crippen molar-refractivity contribution < 1.29 is 53.8 Å². The molecule has 1 fully saturated rings. The number of hydrogen-bond donors (Lipinski definition) is 2. The second kappa shape index (κ2) is 15.4. The Morgan fingerprint density at radius 2 is 1.54 bits per heavy atom. The van der Waals surface area contributed by atoms with E-state index < -0.39 is 18.1 Å². The monoisotopic (exact) mass is 487 g/mol. The first-order valence-electron chi connectivity index (χ1n) is 11.4. The molecule has 2 aromatic carbocycles. The van der Waals surface area contributed by atoms with Crippen LogP contribution in [-0.4, -0.2) is 61.2 Å². The number of carboxylic acids is 1. The SMILES string of the molecule is O=C([O-])/C=C/C(CCc1ccccc1)NC(=O)C(Cc1ccccc1)NC(=O)N1CCOCC1.[Na+]. The summed E-state index contributed by atoms with van der Waals surface area (Å²) in [6.45, 7) is 1.83. The van der Waals surface area contributed by atoms with Crippen LogP contribution in [0.1, 0.15) is 17.5 Å². The number of aryl methyl sites for hydroxylation is 1. The van der Waals surface area contributed by atoms with Crippen LogP contribution in [0.3, 0.4) is 0 Å². The quantitative estimate of drug-likeness (QED) is 0.300. The number of hydrogen-bond acceptors (Lipinski definition) is 5. The van der Waals surface area contributed by atoms with Gasteiger partial charge in [-0.05, 0) is 30.0 Å². The van der Waals surface area contributed by atoms with Crippen molar-refractivity contribution in [3.05, 3.63) is 83.9 Å². The van der Waals surface area contributed by atoms with Crippen LogP contribution >= 0.6 is 0 Å². The number of ether oxygens (including phenoxy) is 1. The maximum atomic E-state index is 13.3. The fraction of sp³-hybridized carbons (Fsp3) is 0.346. The van der Waals surface area contributed by atoms with Gasteiger partial charge in [-0.15, -0.1) is 0 Å². The second-order valence-corrected chi connectivity index (χ2v) is 8.11. The number of aliphatic carboxylic acids is 1. The van der Waals surface area contributed by atoms with Gasteiger partial charge in [-0.1, -0.05) is 66.7 Å². The molecule has 0 aromatic heterocycles. The van der Waals surface area contributed by atoms with E-state index in [9.17, 15) is 19.5 Å². The van der Waals surface area contributed by atoms with Gasteiger partial charge in [-0.2, -0.15) is 0 Å². The van der Waals surface area contributed by atoms with E-state index >= 15 is 0 Å². The molecule has 1 aliphatic rings. The third kappa shape index (κ3) is 10.2. The van der Waals surface area contributed by atoms with E-state index in [1.165, 1.54) is 6.08 Å². The summed E-state index contributed by atoms with van der Waals surface area (Å²) in [5.41, 5.74) is 1.97. The number of morpholine rings is 1. The second-order valence-electron chi connectivity index (χ2n) is 8.11. The van der Waals surface area contributed by atoms with E-state index in [1.54, 1.807) is 4.90 Å². The molecule has 0 radical (unpaired) electrons. The summed E-state index contributed by atoms with van der Waals surface area (Å²) in [5.74, 6) is -1.72. The molecule has 2 aromatic rings. The molecule has 0 spiro atoms. The minimum atomic E-state index is -1.33. The molecule has 1 saturated heterocycles. The molecule has 3 amide bonds. The zero-order valence-corrected chi connectivity index (χ0v) is 22.0. The van der Waals surface area contributed by atoms with Gasteiger partial charge < -0.3 is 30.2 Å². The van der Waals surface area contributed by atoms with Crippen LogP contribution in [0.25, 0.3) is 0 Å². The maximum Gasteiger partial charge on any atom is 1.00 e. The molecule has 0 saturated carbocycles. The van der Waals surface area contributed by atoms with Crippen molar-refractivity contribution in [1.82, 2.24) is 15.5 Å². The van der Waals surface area contributed by atoms with Gasteiger partial charge in [-0.25, -0.2) is 4.79 Å². The van der Waals surface area contributed by atoms with E-state index in [4.69, 9.17) is 4.74 Å². The Kier molecular flexibility index (Phi) is 12.6. The summed E-state index contributed by atoms with van der Waals surface area (Å²) >= 11 is 0. The maximum absolute atomic E-state index is 13.3. The first-order valence-corrected chi connectivity index (χ1v) is 11.4. The molecule has 3 rings (SSSR count). The summed E-state index contributed by atoms with van der Waals surface area (Å²) in [6, 6.07) is 17.5. The summed E-state index contributed by atoms with van der Waals surface area (Å²) in [5, 5.41) is 16.7. The largest absolute Gasteiger partial charge is 1.00 e. The molecular weight excluding hydrogens is 457 g/mol. The first kappa shape index (κ1) is 28.6. The summed E-state index contributed by atoms with van der Waals surface area (Å²) in [6.07, 6.45) is 3.79. The Labute approximate surface area is 228 Å². The number of carbonyl (C=O) groups is 3. The number of carboxylic acid groups (broad SMARTS) is 1. The van der Waals surface area contributed by atoms with Crippen LogP contribution in [0.15, 0.2) is 72.8 Å². The van der Waals surface area contributed by atoms with Gasteiger partial charge in [0.25, 0.3) is 0 Å². The standard InChI is InChI=1S/C26H31N3O5.Na/c30-24(31)14-13-22(12-11-20-7-3-1-4-8-20)27-25(32)23(19-21-9-5-2-6-10-21)28-26(33)29-15-17-34-18-16-29;/h1-10,13-14,22-23H,11-12,15-19H2,(H,27,32)(H,28,33)(H,30,31);/q;+1/p-1/b14-13+;. The third-order valence-corrected chi connectivity index (χ3v) is 5.57. The first-order chi connectivity index (χ1) is 16.5. The molecule has 35 heavy (non-hydrogen) atoms. The van der Waals surface area contributed by atoms with E-state index in [2.05, 4.69) is 10.6 Å². The van der Waals surface area contributed by atoms with E-state index in [-0.39, 0.29) is 41.5 Å². The Morgan fingerprint density at radius 1 is 0.943 bits per heavy atom. The zero-order chi connectivity index (χ0) is 24.2. The molecule has 2 N–H and O–H groups in total. The average molecular weight is 488 g/mol. The number of nitrogens with one attached hydrogen (secondary N) is 2. The topological polar surface area (TPSA) is 111 Å². The van der Waals surface area contributed by atoms with Crippen LogP contribution in [-0.2, 0) is 27.2 Å². The number of amides is 3. The van der Waals surface area contributed by atoms with Crippen molar-refractivity contribution in [2.75, 3.05) is 26.3 Å². The Bertz CT molecular complexity index is 965. The van der Waals surface area contributed by atoms with Crippen LogP contribution in [0.5, 0.6) is 0 Å². The Balaban J connectivity index is 0.00000432. The molecule has 1 aliphatic heterocycles. The fourth-order valence-electron chi connectivity index (χ4n) is 3.73. The van der Waals surface area contributed by atoms with Gasteiger partial charge in [-0.3, -0.25) is 4.79 Å². The van der Waals surface area contributed by atoms with Gasteiger partial charge >= 0.3 is 35.6 Å². The number of urea groups is 1. The average Bonchev–Trinajstić information content (AvgIpc) is 2.86. The summed E-state index contributed by atoms with van der Waals surface area (Å²) < 4.78 is 5.30. The van der Waals surface area contributed by atoms with Crippen LogP contribution in [0.4, 0.5) is 4.79 Å². The fourth-order valence-corrected chi connectivity index (χ4v) is 3.73. The number of nitrogens with zero attached hydrogens (tertiary/aromatic N) is 1. The van der Waals surface area contributed by atoms with Gasteiger partial charge in [0, 0.05) is 25.6 Å². The third-order valence-electron chi connectivity index (χ3n) is 5.57. The molecule has 2 atom stereocenters. The van der Waals surface area contributed by atoms with Crippen LogP contribution in [0, 0.1) is 0 Å². The van der Waals surface area contributed by atoms with Gasteiger partial charge in [0.2, 0.25) is 5.91 Å². The normalized spacial score (nSPS) is 15.0. The Morgan fingerprint density at radius 3 is 2.14 bits per heavy atom. The van der Waals surface area contributed by atoms with E-state index in [1.807, 2.05) is 60.7 Å². The van der Waals surface area contributed by atoms with Crippen molar-refractivity contribution in [2.24, 2.45) is 0 Å². The smallest absolute Gasteiger partial charge is 0.545 e. The van der Waals surface area contributed by atoms with Crippen molar-refractivity contribution in [1.29, 1.82) is 0 Å².